The maximum atomic E-state index is 13.0. The number of rotatable bonds is 4. The van der Waals surface area contributed by atoms with Crippen LogP contribution < -0.4 is 5.32 Å². The molecule has 6 nitrogen and oxygen atoms in total. The van der Waals surface area contributed by atoms with Crippen molar-refractivity contribution < 1.29 is 14.0 Å². The van der Waals surface area contributed by atoms with Gasteiger partial charge in [-0.3, -0.25) is 9.59 Å². The molecule has 2 heterocycles. The number of para-hydroxylation sites is 1. The van der Waals surface area contributed by atoms with Gasteiger partial charge in [-0.1, -0.05) is 18.2 Å². The van der Waals surface area contributed by atoms with Gasteiger partial charge in [-0.25, -0.2) is 4.68 Å². The molecule has 1 aliphatic carbocycles. The Balaban J connectivity index is 1.64. The Kier molecular flexibility index (Phi) is 4.39. The average molecular weight is 363 g/mol. The zero-order valence-corrected chi connectivity index (χ0v) is 15.4. The van der Waals surface area contributed by atoms with Crippen molar-refractivity contribution in [3.8, 4) is 5.69 Å². The summed E-state index contributed by atoms with van der Waals surface area (Å²) in [6.07, 6.45) is 5.51. The van der Waals surface area contributed by atoms with Crippen molar-refractivity contribution in [2.75, 3.05) is 0 Å². The van der Waals surface area contributed by atoms with E-state index in [1.54, 1.807) is 17.8 Å². The second-order valence-electron chi connectivity index (χ2n) is 6.81. The van der Waals surface area contributed by atoms with E-state index in [1.165, 1.54) is 0 Å². The summed E-state index contributed by atoms with van der Waals surface area (Å²) >= 11 is 0. The molecule has 1 amide bonds. The van der Waals surface area contributed by atoms with Crippen LogP contribution in [0, 0.1) is 6.92 Å². The van der Waals surface area contributed by atoms with Gasteiger partial charge < -0.3 is 9.73 Å². The first-order chi connectivity index (χ1) is 13.1. The maximum absolute atomic E-state index is 13.0. The molecule has 3 aromatic rings. The van der Waals surface area contributed by atoms with E-state index < -0.39 is 0 Å². The number of ketones is 1. The van der Waals surface area contributed by atoms with E-state index in [1.807, 2.05) is 43.5 Å². The molecule has 1 unspecified atom stereocenters. The van der Waals surface area contributed by atoms with Gasteiger partial charge in [0.05, 0.1) is 22.9 Å². The molecule has 6 heteroatoms. The second kappa shape index (κ2) is 6.87. The minimum Gasteiger partial charge on any atom is -0.465 e. The molecule has 1 N–H and O–H groups in total. The number of aryl methyl sites for hydroxylation is 2. The molecule has 138 valence electrons. The molecule has 0 saturated heterocycles. The third-order valence-corrected chi connectivity index (χ3v) is 4.97. The van der Waals surface area contributed by atoms with E-state index in [4.69, 9.17) is 4.42 Å². The van der Waals surface area contributed by atoms with Crippen LogP contribution in [0.1, 0.15) is 63.6 Å². The van der Waals surface area contributed by atoms with Crippen LogP contribution in [0.4, 0.5) is 0 Å². The summed E-state index contributed by atoms with van der Waals surface area (Å²) in [6, 6.07) is 9.38. The third-order valence-electron chi connectivity index (χ3n) is 4.97. The van der Waals surface area contributed by atoms with Gasteiger partial charge in [0.1, 0.15) is 11.5 Å². The predicted molar refractivity (Wildman–Crippen MR) is 100 cm³/mol. The molecule has 0 fully saturated rings. The lowest BCUT2D eigenvalue weighted by Crippen LogP contribution is -2.29. The zero-order valence-electron chi connectivity index (χ0n) is 15.4. The van der Waals surface area contributed by atoms with Crippen LogP contribution in [0.25, 0.3) is 5.69 Å². The number of carbonyl (C=O) groups is 2. The fourth-order valence-electron chi connectivity index (χ4n) is 3.70. The highest BCUT2D eigenvalue weighted by molar-refractivity contribution is 6.10. The Hall–Kier alpha value is -3.15. The van der Waals surface area contributed by atoms with Crippen LogP contribution in [0.15, 0.2) is 47.1 Å². The van der Waals surface area contributed by atoms with Gasteiger partial charge in [-0.15, -0.1) is 0 Å². The van der Waals surface area contributed by atoms with Crippen LogP contribution in [-0.4, -0.2) is 21.5 Å². The minimum absolute atomic E-state index is 0.0113. The fourth-order valence-corrected chi connectivity index (χ4v) is 3.70. The van der Waals surface area contributed by atoms with Crippen LogP contribution in [0.2, 0.25) is 0 Å². The lowest BCUT2D eigenvalue weighted by molar-refractivity contribution is 0.0918. The summed E-state index contributed by atoms with van der Waals surface area (Å²) in [5.41, 5.74) is 2.68. The van der Waals surface area contributed by atoms with Crippen LogP contribution in [0.5, 0.6) is 0 Å². The topological polar surface area (TPSA) is 77.1 Å². The number of hydrogen-bond donors (Lipinski definition) is 1. The van der Waals surface area contributed by atoms with E-state index in [9.17, 15) is 9.59 Å². The van der Waals surface area contributed by atoms with Crippen molar-refractivity contribution in [3.05, 3.63) is 70.9 Å². The Morgan fingerprint density at radius 2 is 2.07 bits per heavy atom. The largest absolute Gasteiger partial charge is 0.465 e. The van der Waals surface area contributed by atoms with Gasteiger partial charge in [0.2, 0.25) is 0 Å². The number of amides is 1. The first-order valence-electron chi connectivity index (χ1n) is 9.11. The molecule has 0 spiro atoms. The van der Waals surface area contributed by atoms with Crippen LogP contribution in [-0.2, 0) is 6.42 Å². The summed E-state index contributed by atoms with van der Waals surface area (Å²) in [5.74, 6) is 0.845. The van der Waals surface area contributed by atoms with Gasteiger partial charge in [0, 0.05) is 25.2 Å². The van der Waals surface area contributed by atoms with E-state index in [-0.39, 0.29) is 17.7 Å². The molecule has 4 rings (SSSR count). The number of fused-ring (bicyclic) bond motifs is 1. The van der Waals surface area contributed by atoms with Crippen molar-refractivity contribution >= 4 is 11.7 Å². The Labute approximate surface area is 157 Å². The highest BCUT2D eigenvalue weighted by Gasteiger charge is 2.31. The summed E-state index contributed by atoms with van der Waals surface area (Å²) in [7, 11) is 0. The highest BCUT2D eigenvalue weighted by atomic mass is 16.3. The molecule has 1 atom stereocenters. The summed E-state index contributed by atoms with van der Waals surface area (Å²) < 4.78 is 7.47. The maximum Gasteiger partial charge on any atom is 0.256 e. The summed E-state index contributed by atoms with van der Waals surface area (Å²) in [4.78, 5) is 25.3. The number of Topliss-reactive ketones (excluding diaryl/α,β-unsaturated/α-hetero) is 1. The molecular weight excluding hydrogens is 342 g/mol. The number of carbonyl (C=O) groups excluding carboxylic acids is 2. The SMILES string of the molecule is Cc1oc2c(c1C(=O)NC(C)c1ccccc1-n1cccn1)C(=O)CCC2. The molecule has 2 aromatic heterocycles. The molecule has 0 aliphatic heterocycles. The van der Waals surface area contributed by atoms with Crippen molar-refractivity contribution in [1.29, 1.82) is 0 Å². The van der Waals surface area contributed by atoms with Crippen molar-refractivity contribution in [2.45, 2.75) is 39.2 Å². The summed E-state index contributed by atoms with van der Waals surface area (Å²) in [6.45, 7) is 3.66. The first-order valence-corrected chi connectivity index (χ1v) is 9.11. The summed E-state index contributed by atoms with van der Waals surface area (Å²) in [5, 5.41) is 7.30. The van der Waals surface area contributed by atoms with Crippen molar-refractivity contribution in [1.82, 2.24) is 15.1 Å². The van der Waals surface area contributed by atoms with Gasteiger partial charge in [-0.2, -0.15) is 5.10 Å². The highest BCUT2D eigenvalue weighted by Crippen LogP contribution is 2.30. The predicted octanol–water partition coefficient (Wildman–Crippen LogP) is 3.78. The Morgan fingerprint density at radius 1 is 1.26 bits per heavy atom. The normalized spacial score (nSPS) is 14.7. The fraction of sp³-hybridized carbons (Fsp3) is 0.286. The molecule has 0 bridgehead atoms. The Morgan fingerprint density at radius 3 is 2.85 bits per heavy atom. The number of aromatic nitrogens is 2. The molecule has 0 radical (unpaired) electrons. The molecule has 27 heavy (non-hydrogen) atoms. The smallest absolute Gasteiger partial charge is 0.256 e. The standard InChI is InChI=1S/C21H21N3O3/c1-13(15-7-3-4-8-16(15)24-12-6-11-22-24)23-21(26)19-14(2)27-18-10-5-9-17(25)20(18)19/h3-4,6-8,11-13H,5,9-10H2,1-2H3,(H,23,26). The second-order valence-corrected chi connectivity index (χ2v) is 6.81. The number of nitrogens with zero attached hydrogens (tertiary/aromatic N) is 2. The number of hydrogen-bond acceptors (Lipinski definition) is 4. The number of benzene rings is 1. The molecule has 1 aliphatic rings. The Bertz CT molecular complexity index is 1000. The number of nitrogens with one attached hydrogen (secondary N) is 1. The first kappa shape index (κ1) is 17.3. The lowest BCUT2D eigenvalue weighted by atomic mass is 9.93. The van der Waals surface area contributed by atoms with Gasteiger partial charge in [0.15, 0.2) is 5.78 Å². The lowest BCUT2D eigenvalue weighted by Gasteiger charge is -2.18. The van der Waals surface area contributed by atoms with Gasteiger partial charge in [-0.05, 0) is 38.0 Å². The quantitative estimate of drug-likeness (QED) is 0.765. The van der Waals surface area contributed by atoms with E-state index in [2.05, 4.69) is 10.4 Å². The molecule has 0 saturated carbocycles. The van der Waals surface area contributed by atoms with Crippen molar-refractivity contribution in [3.63, 3.8) is 0 Å². The molecule has 1 aromatic carbocycles. The van der Waals surface area contributed by atoms with Crippen LogP contribution in [0.3, 0.4) is 0 Å². The zero-order chi connectivity index (χ0) is 19.0. The van der Waals surface area contributed by atoms with Crippen molar-refractivity contribution in [2.24, 2.45) is 0 Å². The molecular formula is C21H21N3O3. The average Bonchev–Trinajstić information content (AvgIpc) is 3.29. The van der Waals surface area contributed by atoms with E-state index in [0.717, 1.165) is 17.7 Å². The third kappa shape index (κ3) is 3.07. The van der Waals surface area contributed by atoms with Crippen LogP contribution >= 0.6 is 0 Å². The van der Waals surface area contributed by atoms with E-state index in [0.29, 0.717) is 35.5 Å². The van der Waals surface area contributed by atoms with Gasteiger partial charge in [0.25, 0.3) is 5.91 Å². The number of furan rings is 1. The van der Waals surface area contributed by atoms with E-state index >= 15 is 0 Å². The minimum atomic E-state index is -0.282. The van der Waals surface area contributed by atoms with Gasteiger partial charge >= 0.3 is 0 Å². The monoisotopic (exact) mass is 363 g/mol.